The van der Waals surface area contributed by atoms with Crippen molar-refractivity contribution < 1.29 is 4.52 Å². The second-order valence-electron chi connectivity index (χ2n) is 3.50. The molecule has 14 heavy (non-hydrogen) atoms. The number of hydrogen-bond acceptors (Lipinski definition) is 5. The first-order valence-electron chi connectivity index (χ1n) is 4.71. The summed E-state index contributed by atoms with van der Waals surface area (Å²) in [5.41, 5.74) is 0.585. The van der Waals surface area contributed by atoms with Crippen LogP contribution in [-0.2, 0) is 0 Å². The summed E-state index contributed by atoms with van der Waals surface area (Å²) in [5, 5.41) is 7.82. The molecule has 5 heteroatoms. The Bertz CT molecular complexity index is 447. The van der Waals surface area contributed by atoms with Crippen LogP contribution in [-0.4, -0.2) is 28.2 Å². The van der Waals surface area contributed by atoms with Crippen molar-refractivity contribution in [1.29, 1.82) is 0 Å². The lowest BCUT2D eigenvalue weighted by atomic mass is 10.1. The quantitative estimate of drug-likeness (QED) is 0.716. The molecule has 0 amide bonds. The van der Waals surface area contributed by atoms with E-state index in [2.05, 4.69) is 20.4 Å². The maximum Gasteiger partial charge on any atom is 0.260 e. The van der Waals surface area contributed by atoms with E-state index >= 15 is 0 Å². The highest BCUT2D eigenvalue weighted by Crippen LogP contribution is 2.20. The predicted octanol–water partition coefficient (Wildman–Crippen LogP) is 0.695. The molecule has 1 aliphatic rings. The van der Waals surface area contributed by atoms with Crippen molar-refractivity contribution in [2.75, 3.05) is 13.1 Å². The standard InChI is InChI=1S/C9H10N4O/c1-2-10-3-6(1)8-11-4-7-5-12-14-9(7)13-8/h4-6,10H,1-3H2. The van der Waals surface area contributed by atoms with Crippen molar-refractivity contribution in [2.24, 2.45) is 0 Å². The average molecular weight is 190 g/mol. The van der Waals surface area contributed by atoms with E-state index in [-0.39, 0.29) is 0 Å². The fraction of sp³-hybridized carbons (Fsp3) is 0.444. The average Bonchev–Trinajstić information content (AvgIpc) is 2.88. The smallest absolute Gasteiger partial charge is 0.260 e. The number of aromatic nitrogens is 3. The number of hydrogen-bond donors (Lipinski definition) is 1. The minimum atomic E-state index is 0.421. The fourth-order valence-electron chi connectivity index (χ4n) is 1.75. The second-order valence-corrected chi connectivity index (χ2v) is 3.50. The topological polar surface area (TPSA) is 63.8 Å². The molecule has 5 nitrogen and oxygen atoms in total. The van der Waals surface area contributed by atoms with Gasteiger partial charge in [0, 0.05) is 18.7 Å². The number of fused-ring (bicyclic) bond motifs is 1. The van der Waals surface area contributed by atoms with E-state index in [1.807, 2.05) is 0 Å². The molecule has 72 valence electrons. The highest BCUT2D eigenvalue weighted by atomic mass is 16.5. The van der Waals surface area contributed by atoms with Gasteiger partial charge in [0.15, 0.2) is 0 Å². The van der Waals surface area contributed by atoms with Crippen LogP contribution in [0.1, 0.15) is 18.2 Å². The summed E-state index contributed by atoms with van der Waals surface area (Å²) in [7, 11) is 0. The number of nitrogens with zero attached hydrogens (tertiary/aromatic N) is 3. The third-order valence-corrected chi connectivity index (χ3v) is 2.56. The lowest BCUT2D eigenvalue weighted by Crippen LogP contribution is -2.09. The van der Waals surface area contributed by atoms with Crippen molar-refractivity contribution in [3.8, 4) is 0 Å². The van der Waals surface area contributed by atoms with Crippen molar-refractivity contribution in [3.05, 3.63) is 18.2 Å². The van der Waals surface area contributed by atoms with Gasteiger partial charge in [0.2, 0.25) is 0 Å². The molecule has 2 aromatic heterocycles. The van der Waals surface area contributed by atoms with Gasteiger partial charge in [-0.2, -0.15) is 4.98 Å². The molecule has 0 saturated carbocycles. The Balaban J connectivity index is 2.04. The second kappa shape index (κ2) is 3.02. The van der Waals surface area contributed by atoms with E-state index in [9.17, 15) is 0 Å². The SMILES string of the molecule is c1noc2nc(C3CCNC3)ncc12. The molecule has 1 saturated heterocycles. The largest absolute Gasteiger partial charge is 0.336 e. The van der Waals surface area contributed by atoms with Crippen LogP contribution in [0.15, 0.2) is 16.9 Å². The van der Waals surface area contributed by atoms with Gasteiger partial charge in [-0.1, -0.05) is 5.16 Å². The van der Waals surface area contributed by atoms with E-state index in [0.717, 1.165) is 30.7 Å². The molecule has 1 aliphatic heterocycles. The van der Waals surface area contributed by atoms with Gasteiger partial charge in [-0.05, 0) is 13.0 Å². The molecular formula is C9H10N4O. The molecule has 0 spiro atoms. The number of rotatable bonds is 1. The Hall–Kier alpha value is -1.49. The predicted molar refractivity (Wildman–Crippen MR) is 49.8 cm³/mol. The molecular weight excluding hydrogens is 180 g/mol. The van der Waals surface area contributed by atoms with Crippen LogP contribution in [0.4, 0.5) is 0 Å². The molecule has 1 unspecified atom stereocenters. The molecule has 0 bridgehead atoms. The van der Waals surface area contributed by atoms with Crippen molar-refractivity contribution in [1.82, 2.24) is 20.4 Å². The first-order chi connectivity index (χ1) is 6.93. The van der Waals surface area contributed by atoms with Gasteiger partial charge < -0.3 is 9.84 Å². The summed E-state index contributed by atoms with van der Waals surface area (Å²) in [5.74, 6) is 1.28. The first kappa shape index (κ1) is 7.87. The molecule has 0 aromatic carbocycles. The van der Waals surface area contributed by atoms with Crippen LogP contribution in [0.2, 0.25) is 0 Å². The van der Waals surface area contributed by atoms with Crippen LogP contribution in [0, 0.1) is 0 Å². The lowest BCUT2D eigenvalue weighted by Gasteiger charge is -2.04. The van der Waals surface area contributed by atoms with E-state index in [0.29, 0.717) is 11.6 Å². The van der Waals surface area contributed by atoms with E-state index in [4.69, 9.17) is 4.52 Å². The minimum absolute atomic E-state index is 0.421. The Morgan fingerprint density at radius 1 is 1.43 bits per heavy atom. The van der Waals surface area contributed by atoms with Crippen LogP contribution < -0.4 is 5.32 Å². The highest BCUT2D eigenvalue weighted by molar-refractivity contribution is 5.70. The molecule has 1 N–H and O–H groups in total. The summed E-state index contributed by atoms with van der Waals surface area (Å²) < 4.78 is 5.00. The molecule has 3 heterocycles. The van der Waals surface area contributed by atoms with Gasteiger partial charge in [0.1, 0.15) is 5.82 Å². The third kappa shape index (κ3) is 1.17. The molecule has 1 atom stereocenters. The maximum atomic E-state index is 5.00. The van der Waals surface area contributed by atoms with Crippen molar-refractivity contribution >= 4 is 11.1 Å². The Labute approximate surface area is 80.5 Å². The van der Waals surface area contributed by atoms with Gasteiger partial charge in [0.25, 0.3) is 5.71 Å². The Kier molecular flexibility index (Phi) is 1.70. The summed E-state index contributed by atoms with van der Waals surface area (Å²) in [4.78, 5) is 8.65. The molecule has 2 aromatic rings. The number of nitrogens with one attached hydrogen (secondary N) is 1. The van der Waals surface area contributed by atoms with Gasteiger partial charge in [-0.15, -0.1) is 0 Å². The van der Waals surface area contributed by atoms with Crippen molar-refractivity contribution in [2.45, 2.75) is 12.3 Å². The summed E-state index contributed by atoms with van der Waals surface area (Å²) in [6.45, 7) is 2.00. The summed E-state index contributed by atoms with van der Waals surface area (Å²) in [6.07, 6.45) is 4.50. The Morgan fingerprint density at radius 2 is 2.43 bits per heavy atom. The normalized spacial score (nSPS) is 21.9. The zero-order valence-corrected chi connectivity index (χ0v) is 7.60. The summed E-state index contributed by atoms with van der Waals surface area (Å²) >= 11 is 0. The van der Waals surface area contributed by atoms with E-state index in [1.165, 1.54) is 0 Å². The van der Waals surface area contributed by atoms with Gasteiger partial charge >= 0.3 is 0 Å². The highest BCUT2D eigenvalue weighted by Gasteiger charge is 2.19. The Morgan fingerprint density at radius 3 is 3.29 bits per heavy atom. The monoisotopic (exact) mass is 190 g/mol. The van der Waals surface area contributed by atoms with Crippen LogP contribution in [0.25, 0.3) is 11.1 Å². The van der Waals surface area contributed by atoms with Gasteiger partial charge in [-0.3, -0.25) is 0 Å². The van der Waals surface area contributed by atoms with E-state index in [1.54, 1.807) is 12.4 Å². The van der Waals surface area contributed by atoms with Crippen LogP contribution in [0.3, 0.4) is 0 Å². The third-order valence-electron chi connectivity index (χ3n) is 2.56. The van der Waals surface area contributed by atoms with E-state index < -0.39 is 0 Å². The fourth-order valence-corrected chi connectivity index (χ4v) is 1.75. The summed E-state index contributed by atoms with van der Waals surface area (Å²) in [6, 6.07) is 0. The molecule has 3 rings (SSSR count). The van der Waals surface area contributed by atoms with Crippen molar-refractivity contribution in [3.63, 3.8) is 0 Å². The van der Waals surface area contributed by atoms with Crippen LogP contribution in [0.5, 0.6) is 0 Å². The van der Waals surface area contributed by atoms with Crippen LogP contribution >= 0.6 is 0 Å². The molecule has 0 aliphatic carbocycles. The lowest BCUT2D eigenvalue weighted by molar-refractivity contribution is 0.446. The zero-order valence-electron chi connectivity index (χ0n) is 7.60. The molecule has 0 radical (unpaired) electrons. The van der Waals surface area contributed by atoms with Gasteiger partial charge in [0.05, 0.1) is 11.6 Å². The minimum Gasteiger partial charge on any atom is -0.336 e. The maximum absolute atomic E-state index is 5.00. The van der Waals surface area contributed by atoms with Gasteiger partial charge in [-0.25, -0.2) is 4.98 Å². The molecule has 1 fully saturated rings. The zero-order chi connectivity index (χ0) is 9.38. The first-order valence-corrected chi connectivity index (χ1v) is 4.71.